The van der Waals surface area contributed by atoms with E-state index < -0.39 is 0 Å². The van der Waals surface area contributed by atoms with Gasteiger partial charge in [0.05, 0.1) is 12.1 Å². The molecule has 0 unspecified atom stereocenters. The molecular formula is C18H32N2O2. The number of amides is 1. The maximum Gasteiger partial charge on any atom is 0.223 e. The van der Waals surface area contributed by atoms with Gasteiger partial charge in [0.25, 0.3) is 0 Å². The van der Waals surface area contributed by atoms with Crippen molar-refractivity contribution in [2.45, 2.75) is 95.9 Å². The van der Waals surface area contributed by atoms with E-state index >= 15 is 0 Å². The molecule has 1 amide bonds. The third kappa shape index (κ3) is 2.69. The lowest BCUT2D eigenvalue weighted by molar-refractivity contribution is -0.316. The van der Waals surface area contributed by atoms with E-state index in [1.165, 1.54) is 32.1 Å². The summed E-state index contributed by atoms with van der Waals surface area (Å²) in [5.74, 6) is 0.787. The number of piperidine rings is 1. The number of rotatable bonds is 2. The molecule has 126 valence electrons. The molecule has 2 saturated heterocycles. The van der Waals surface area contributed by atoms with Gasteiger partial charge in [0.2, 0.25) is 5.91 Å². The van der Waals surface area contributed by atoms with Crippen LogP contribution in [0, 0.1) is 5.92 Å². The van der Waals surface area contributed by atoms with Gasteiger partial charge in [-0.2, -0.15) is 5.06 Å². The highest BCUT2D eigenvalue weighted by Gasteiger charge is 2.49. The average Bonchev–Trinajstić information content (AvgIpc) is 2.70. The number of nitrogens with zero attached hydrogens (tertiary/aromatic N) is 2. The molecule has 0 bridgehead atoms. The van der Waals surface area contributed by atoms with Crippen LogP contribution in [0.25, 0.3) is 0 Å². The number of hydroxylamine groups is 2. The molecule has 1 aliphatic carbocycles. The molecule has 0 spiro atoms. The van der Waals surface area contributed by atoms with Gasteiger partial charge in [-0.1, -0.05) is 6.42 Å². The Balaban J connectivity index is 1.80. The summed E-state index contributed by atoms with van der Waals surface area (Å²) >= 11 is 0. The molecule has 2 aliphatic heterocycles. The van der Waals surface area contributed by atoms with Crippen molar-refractivity contribution < 1.29 is 9.63 Å². The molecule has 22 heavy (non-hydrogen) atoms. The van der Waals surface area contributed by atoms with Gasteiger partial charge < -0.3 is 4.90 Å². The lowest BCUT2D eigenvalue weighted by Gasteiger charge is -2.53. The minimum Gasteiger partial charge on any atom is -0.340 e. The Morgan fingerprint density at radius 2 is 1.68 bits per heavy atom. The average molecular weight is 308 g/mol. The number of hydrogen-bond acceptors (Lipinski definition) is 3. The smallest absolute Gasteiger partial charge is 0.223 e. The van der Waals surface area contributed by atoms with Crippen molar-refractivity contribution >= 4 is 5.91 Å². The number of carbonyl (C=O) groups is 1. The molecule has 1 saturated carbocycles. The third-order valence-electron chi connectivity index (χ3n) is 6.12. The van der Waals surface area contributed by atoms with E-state index in [9.17, 15) is 4.79 Å². The Morgan fingerprint density at radius 1 is 1.05 bits per heavy atom. The normalized spacial score (nSPS) is 38.1. The zero-order valence-corrected chi connectivity index (χ0v) is 14.9. The zero-order chi connectivity index (χ0) is 16.1. The summed E-state index contributed by atoms with van der Waals surface area (Å²) in [6, 6.07) is 0.273. The monoisotopic (exact) mass is 308 g/mol. The minimum absolute atomic E-state index is 0.0654. The lowest BCUT2D eigenvalue weighted by atomic mass is 9.81. The molecule has 0 aromatic rings. The van der Waals surface area contributed by atoms with E-state index in [0.717, 1.165) is 6.42 Å². The van der Waals surface area contributed by atoms with Crippen LogP contribution in [0.2, 0.25) is 0 Å². The van der Waals surface area contributed by atoms with Gasteiger partial charge in [0.15, 0.2) is 0 Å². The van der Waals surface area contributed by atoms with E-state index in [2.05, 4.69) is 32.8 Å². The highest BCUT2D eigenvalue weighted by molar-refractivity contribution is 5.79. The predicted octanol–water partition coefficient (Wildman–Crippen LogP) is 3.36. The van der Waals surface area contributed by atoms with Crippen LogP contribution in [0.5, 0.6) is 0 Å². The first-order chi connectivity index (χ1) is 10.2. The van der Waals surface area contributed by atoms with Crippen LogP contribution in [-0.2, 0) is 9.63 Å². The van der Waals surface area contributed by atoms with E-state index in [0.29, 0.717) is 18.2 Å². The van der Waals surface area contributed by atoms with Gasteiger partial charge in [0.1, 0.15) is 0 Å². The highest BCUT2D eigenvalue weighted by atomic mass is 16.7. The van der Waals surface area contributed by atoms with Crippen molar-refractivity contribution in [1.82, 2.24) is 9.96 Å². The number of hydrogen-bond donors (Lipinski definition) is 0. The maximum absolute atomic E-state index is 12.1. The molecule has 3 rings (SSSR count). The van der Waals surface area contributed by atoms with Gasteiger partial charge in [-0.25, -0.2) is 0 Å². The second kappa shape index (κ2) is 5.48. The Hall–Kier alpha value is -0.610. The fourth-order valence-corrected chi connectivity index (χ4v) is 5.06. The highest BCUT2D eigenvalue weighted by Crippen LogP contribution is 2.43. The first kappa shape index (κ1) is 16.3. The topological polar surface area (TPSA) is 32.8 Å². The molecule has 3 fully saturated rings. The molecule has 3 aliphatic rings. The maximum atomic E-state index is 12.1. The van der Waals surface area contributed by atoms with E-state index in [1.54, 1.807) is 0 Å². The number of likely N-dealkylation sites (tertiary alicyclic amines) is 1. The van der Waals surface area contributed by atoms with Gasteiger partial charge in [-0.15, -0.1) is 0 Å². The van der Waals surface area contributed by atoms with Crippen LogP contribution >= 0.6 is 0 Å². The molecular weight excluding hydrogens is 276 g/mol. The summed E-state index contributed by atoms with van der Waals surface area (Å²) in [7, 11) is 1.96. The zero-order valence-electron chi connectivity index (χ0n) is 14.9. The van der Waals surface area contributed by atoms with Crippen LogP contribution in [0.3, 0.4) is 0 Å². The second-order valence-electron chi connectivity index (χ2n) is 8.81. The summed E-state index contributed by atoms with van der Waals surface area (Å²) < 4.78 is 0. The van der Waals surface area contributed by atoms with Crippen molar-refractivity contribution in [3.8, 4) is 0 Å². The molecule has 0 radical (unpaired) electrons. The molecule has 0 N–H and O–H groups in total. The molecule has 4 heteroatoms. The standard InChI is InChI=1S/C18H32N2O2/c1-17(2)10-7-11-18(3,4)20(17)22-14-9-6-8-13-12-15(21)19(5)16(13)14/h13-14,16H,6-12H2,1-5H3/t13-,14+,16+/m1/s1. The fraction of sp³-hybridized carbons (Fsp3) is 0.944. The van der Waals surface area contributed by atoms with Crippen LogP contribution in [0.4, 0.5) is 0 Å². The van der Waals surface area contributed by atoms with E-state index in [1.807, 2.05) is 11.9 Å². The molecule has 2 heterocycles. The Bertz CT molecular complexity index is 430. The van der Waals surface area contributed by atoms with Crippen LogP contribution < -0.4 is 0 Å². The largest absolute Gasteiger partial charge is 0.340 e. The summed E-state index contributed by atoms with van der Waals surface area (Å²) in [4.78, 5) is 20.7. The van der Waals surface area contributed by atoms with Gasteiger partial charge in [0, 0.05) is 24.5 Å². The Labute approximate surface area is 135 Å². The van der Waals surface area contributed by atoms with E-state index in [4.69, 9.17) is 4.84 Å². The summed E-state index contributed by atoms with van der Waals surface area (Å²) in [6.45, 7) is 9.16. The van der Waals surface area contributed by atoms with Gasteiger partial charge >= 0.3 is 0 Å². The fourth-order valence-electron chi connectivity index (χ4n) is 5.06. The van der Waals surface area contributed by atoms with Crippen LogP contribution in [0.15, 0.2) is 0 Å². The lowest BCUT2D eigenvalue weighted by Crippen LogP contribution is -2.61. The van der Waals surface area contributed by atoms with Crippen molar-refractivity contribution in [3.63, 3.8) is 0 Å². The molecule has 0 aromatic carbocycles. The van der Waals surface area contributed by atoms with Crippen LogP contribution in [-0.4, -0.2) is 46.1 Å². The molecule has 0 aromatic heterocycles. The summed E-state index contributed by atoms with van der Waals surface area (Å²) in [5.41, 5.74) is 0.131. The second-order valence-corrected chi connectivity index (χ2v) is 8.81. The first-order valence-corrected chi connectivity index (χ1v) is 8.95. The number of likely N-dealkylation sites (N-methyl/N-ethyl adjacent to an activating group) is 1. The Morgan fingerprint density at radius 3 is 2.32 bits per heavy atom. The quantitative estimate of drug-likeness (QED) is 0.784. The van der Waals surface area contributed by atoms with Crippen molar-refractivity contribution in [2.24, 2.45) is 5.92 Å². The first-order valence-electron chi connectivity index (χ1n) is 8.95. The van der Waals surface area contributed by atoms with Crippen molar-refractivity contribution in [1.29, 1.82) is 0 Å². The Kier molecular flexibility index (Phi) is 4.05. The number of carbonyl (C=O) groups excluding carboxylic acids is 1. The van der Waals surface area contributed by atoms with Gasteiger partial charge in [-0.3, -0.25) is 9.63 Å². The molecule has 3 atom stereocenters. The van der Waals surface area contributed by atoms with Crippen LogP contribution in [0.1, 0.15) is 72.6 Å². The summed E-state index contributed by atoms with van der Waals surface area (Å²) in [5, 5.41) is 2.27. The SMILES string of the molecule is CN1C(=O)C[C@H]2CCC[C@H](ON3C(C)(C)CCCC3(C)C)[C@H]21. The predicted molar refractivity (Wildman–Crippen MR) is 87.2 cm³/mol. The van der Waals surface area contributed by atoms with Crippen molar-refractivity contribution in [3.05, 3.63) is 0 Å². The van der Waals surface area contributed by atoms with Gasteiger partial charge in [-0.05, 0) is 65.7 Å². The van der Waals surface area contributed by atoms with Crippen molar-refractivity contribution in [2.75, 3.05) is 7.05 Å². The molecule has 4 nitrogen and oxygen atoms in total. The third-order valence-corrected chi connectivity index (χ3v) is 6.12. The van der Waals surface area contributed by atoms with E-state index in [-0.39, 0.29) is 23.2 Å². The number of fused-ring (bicyclic) bond motifs is 1. The minimum atomic E-state index is 0.0654. The summed E-state index contributed by atoms with van der Waals surface area (Å²) in [6.07, 6.45) is 7.91.